The number of furan rings is 1. The lowest BCUT2D eigenvalue weighted by molar-refractivity contribution is -0.136. The number of nitrogens with zero attached hydrogens (tertiary/aromatic N) is 2. The number of methoxy groups -OCH3 is 1. The number of imidazole rings is 1. The molecule has 1 aromatic carbocycles. The smallest absolute Gasteiger partial charge is 0.334 e. The third-order valence-corrected chi connectivity index (χ3v) is 5.31. The van der Waals surface area contributed by atoms with E-state index in [-0.39, 0.29) is 5.97 Å². The van der Waals surface area contributed by atoms with Crippen LogP contribution in [0.15, 0.2) is 52.6 Å². The molecule has 0 saturated heterocycles. The first kappa shape index (κ1) is 21.9. The molecule has 0 spiro atoms. The zero-order valence-corrected chi connectivity index (χ0v) is 18.4. The zero-order valence-electron chi connectivity index (χ0n) is 17.7. The van der Waals surface area contributed by atoms with Gasteiger partial charge in [0.25, 0.3) is 0 Å². The summed E-state index contributed by atoms with van der Waals surface area (Å²) < 4.78 is 12.8. The van der Waals surface area contributed by atoms with Crippen molar-refractivity contribution in [1.82, 2.24) is 9.55 Å². The van der Waals surface area contributed by atoms with E-state index in [0.29, 0.717) is 29.3 Å². The monoisotopic (exact) mass is 426 g/mol. The fourth-order valence-corrected chi connectivity index (χ4v) is 3.51. The first-order valence-electron chi connectivity index (χ1n) is 10.1. The van der Waals surface area contributed by atoms with Gasteiger partial charge in [0.15, 0.2) is 0 Å². The second-order valence-electron chi connectivity index (χ2n) is 7.23. The van der Waals surface area contributed by atoms with Gasteiger partial charge in [-0.3, -0.25) is 0 Å². The van der Waals surface area contributed by atoms with Crippen molar-refractivity contribution in [2.75, 3.05) is 7.11 Å². The Hall–Kier alpha value is -2.79. The maximum atomic E-state index is 12.4. The van der Waals surface area contributed by atoms with Crippen molar-refractivity contribution in [3.05, 3.63) is 81.8 Å². The number of unbranched alkanes of at least 4 members (excludes halogenated alkanes) is 1. The number of rotatable bonds is 9. The van der Waals surface area contributed by atoms with E-state index in [1.165, 1.54) is 7.11 Å². The Morgan fingerprint density at radius 2 is 2.07 bits per heavy atom. The summed E-state index contributed by atoms with van der Waals surface area (Å²) in [7, 11) is 1.39. The van der Waals surface area contributed by atoms with Gasteiger partial charge in [-0.15, -0.1) is 0 Å². The van der Waals surface area contributed by atoms with E-state index in [0.717, 1.165) is 42.1 Å². The van der Waals surface area contributed by atoms with Crippen molar-refractivity contribution in [3.8, 4) is 0 Å². The molecule has 158 valence electrons. The predicted molar refractivity (Wildman–Crippen MR) is 119 cm³/mol. The van der Waals surface area contributed by atoms with Gasteiger partial charge in [0.2, 0.25) is 0 Å². The average molecular weight is 427 g/mol. The maximum Gasteiger partial charge on any atom is 0.334 e. The summed E-state index contributed by atoms with van der Waals surface area (Å²) in [6.45, 7) is 4.62. The Morgan fingerprint density at radius 3 is 2.73 bits per heavy atom. The lowest BCUT2D eigenvalue weighted by atomic mass is 10.1. The van der Waals surface area contributed by atoms with Crippen LogP contribution >= 0.6 is 11.6 Å². The molecule has 0 saturated carbocycles. The molecular formula is C24H27ClN2O3. The van der Waals surface area contributed by atoms with Gasteiger partial charge in [0.1, 0.15) is 17.3 Å². The second kappa shape index (κ2) is 10.3. The van der Waals surface area contributed by atoms with Crippen molar-refractivity contribution in [2.24, 2.45) is 0 Å². The van der Waals surface area contributed by atoms with Crippen LogP contribution in [0.1, 0.15) is 48.4 Å². The number of hydrogen-bond acceptors (Lipinski definition) is 4. The lowest BCUT2D eigenvalue weighted by Crippen LogP contribution is -2.10. The molecule has 0 N–H and O–H groups in total. The Bertz CT molecular complexity index is 1030. The highest BCUT2D eigenvalue weighted by Gasteiger charge is 2.16. The minimum absolute atomic E-state index is 0.349. The molecule has 2 aromatic heterocycles. The van der Waals surface area contributed by atoms with Crippen LogP contribution in [0.3, 0.4) is 0 Å². The number of hydrogen-bond donors (Lipinski definition) is 0. The largest absolute Gasteiger partial charge is 0.466 e. The van der Waals surface area contributed by atoms with Gasteiger partial charge < -0.3 is 13.7 Å². The van der Waals surface area contributed by atoms with Crippen molar-refractivity contribution < 1.29 is 13.9 Å². The minimum atomic E-state index is -0.385. The van der Waals surface area contributed by atoms with Crippen molar-refractivity contribution in [3.63, 3.8) is 0 Å². The highest BCUT2D eigenvalue weighted by atomic mass is 35.5. The predicted octanol–water partition coefficient (Wildman–Crippen LogP) is 5.63. The third kappa shape index (κ3) is 5.42. The van der Waals surface area contributed by atoms with Gasteiger partial charge in [0, 0.05) is 23.4 Å². The molecule has 0 aliphatic heterocycles. The Balaban J connectivity index is 2.00. The standard InChI is InChI=1S/C24H27ClN2O3/c1-4-5-10-23-26-15-20(27(23)16-18-8-6-7-9-22(18)25)13-19(24(28)29-3)14-21-12-11-17(2)30-21/h6-9,11-13,15H,4-5,10,14,16H2,1-3H3/b19-13+. The first-order chi connectivity index (χ1) is 14.5. The molecule has 6 heteroatoms. The van der Waals surface area contributed by atoms with Crippen LogP contribution in [-0.4, -0.2) is 22.6 Å². The van der Waals surface area contributed by atoms with E-state index < -0.39 is 0 Å². The quantitative estimate of drug-likeness (QED) is 0.328. The fourth-order valence-electron chi connectivity index (χ4n) is 3.32. The summed E-state index contributed by atoms with van der Waals surface area (Å²) in [5.74, 6) is 2.11. The van der Waals surface area contributed by atoms with Crippen molar-refractivity contribution in [2.45, 2.75) is 46.1 Å². The van der Waals surface area contributed by atoms with Crippen LogP contribution in [0.25, 0.3) is 6.08 Å². The molecule has 5 nitrogen and oxygen atoms in total. The molecule has 3 aromatic rings. The molecule has 0 atom stereocenters. The van der Waals surface area contributed by atoms with Crippen LogP contribution in [0, 0.1) is 6.92 Å². The summed E-state index contributed by atoms with van der Waals surface area (Å²) >= 11 is 6.40. The summed E-state index contributed by atoms with van der Waals surface area (Å²) in [6.07, 6.45) is 6.97. The summed E-state index contributed by atoms with van der Waals surface area (Å²) in [6, 6.07) is 11.5. The number of benzene rings is 1. The molecule has 2 heterocycles. The molecule has 30 heavy (non-hydrogen) atoms. The molecule has 0 aliphatic carbocycles. The number of carbonyl (C=O) groups is 1. The number of esters is 1. The number of aromatic nitrogens is 2. The van der Waals surface area contributed by atoms with Crippen LogP contribution in [0.2, 0.25) is 5.02 Å². The molecule has 0 amide bonds. The number of aryl methyl sites for hydroxylation is 2. The zero-order chi connectivity index (χ0) is 21.5. The van der Waals surface area contributed by atoms with E-state index >= 15 is 0 Å². The topological polar surface area (TPSA) is 57.3 Å². The highest BCUT2D eigenvalue weighted by Crippen LogP contribution is 2.22. The van der Waals surface area contributed by atoms with Crippen LogP contribution < -0.4 is 0 Å². The molecule has 0 bridgehead atoms. The minimum Gasteiger partial charge on any atom is -0.466 e. The van der Waals surface area contributed by atoms with Crippen LogP contribution in [-0.2, 0) is 28.9 Å². The maximum absolute atomic E-state index is 12.4. The van der Waals surface area contributed by atoms with Gasteiger partial charge in [-0.05, 0) is 43.2 Å². The Kier molecular flexibility index (Phi) is 7.52. The number of halogens is 1. The molecule has 0 unspecified atom stereocenters. The van der Waals surface area contributed by atoms with Crippen LogP contribution in [0.4, 0.5) is 0 Å². The van der Waals surface area contributed by atoms with E-state index in [4.69, 9.17) is 20.8 Å². The van der Waals surface area contributed by atoms with Gasteiger partial charge in [-0.25, -0.2) is 9.78 Å². The van der Waals surface area contributed by atoms with Crippen molar-refractivity contribution >= 4 is 23.6 Å². The lowest BCUT2D eigenvalue weighted by Gasteiger charge is -2.13. The summed E-state index contributed by atoms with van der Waals surface area (Å²) in [4.78, 5) is 17.1. The van der Waals surface area contributed by atoms with E-state index in [2.05, 4.69) is 16.5 Å². The highest BCUT2D eigenvalue weighted by molar-refractivity contribution is 6.31. The molecular weight excluding hydrogens is 400 g/mol. The van der Waals surface area contributed by atoms with E-state index in [1.807, 2.05) is 49.4 Å². The first-order valence-corrected chi connectivity index (χ1v) is 10.5. The van der Waals surface area contributed by atoms with Gasteiger partial charge in [-0.2, -0.15) is 0 Å². The van der Waals surface area contributed by atoms with Gasteiger partial charge in [0.05, 0.1) is 25.5 Å². The van der Waals surface area contributed by atoms with Gasteiger partial charge in [-0.1, -0.05) is 43.1 Å². The SMILES string of the molecule is CCCCc1ncc(/C=C(\Cc2ccc(C)o2)C(=O)OC)n1Cc1ccccc1Cl. The average Bonchev–Trinajstić information content (AvgIpc) is 3.32. The third-order valence-electron chi connectivity index (χ3n) is 4.94. The Morgan fingerprint density at radius 1 is 1.27 bits per heavy atom. The van der Waals surface area contributed by atoms with Crippen LogP contribution in [0.5, 0.6) is 0 Å². The summed E-state index contributed by atoms with van der Waals surface area (Å²) in [5, 5.41) is 0.710. The molecule has 0 radical (unpaired) electrons. The molecule has 0 aliphatic rings. The number of carbonyl (C=O) groups excluding carboxylic acids is 1. The normalized spacial score (nSPS) is 11.7. The number of ether oxygens (including phenoxy) is 1. The summed E-state index contributed by atoms with van der Waals surface area (Å²) in [5.41, 5.74) is 2.35. The Labute approximate surface area is 182 Å². The molecule has 3 rings (SSSR count). The second-order valence-corrected chi connectivity index (χ2v) is 7.64. The van der Waals surface area contributed by atoms with Crippen molar-refractivity contribution in [1.29, 1.82) is 0 Å². The fraction of sp³-hybridized carbons (Fsp3) is 0.333. The van der Waals surface area contributed by atoms with E-state index in [9.17, 15) is 4.79 Å². The van der Waals surface area contributed by atoms with E-state index in [1.54, 1.807) is 6.20 Å². The van der Waals surface area contributed by atoms with Gasteiger partial charge >= 0.3 is 5.97 Å². The molecule has 0 fully saturated rings.